The number of carboxylic acids is 1. The molecule has 0 amide bonds. The van der Waals surface area contributed by atoms with Crippen molar-refractivity contribution in [2.75, 3.05) is 13.1 Å². The number of hydrogen-bond acceptors (Lipinski definition) is 3. The summed E-state index contributed by atoms with van der Waals surface area (Å²) in [5.41, 5.74) is 0. The average Bonchev–Trinajstić information content (AvgIpc) is 3.15. The molecular formula is C20H35NO3. The third-order valence-corrected chi connectivity index (χ3v) is 5.51. The predicted molar refractivity (Wildman–Crippen MR) is 97.1 cm³/mol. The Morgan fingerprint density at radius 3 is 2.67 bits per heavy atom. The van der Waals surface area contributed by atoms with Crippen LogP contribution in [0.15, 0.2) is 12.2 Å². The summed E-state index contributed by atoms with van der Waals surface area (Å²) in [7, 11) is 0. The monoisotopic (exact) mass is 337 g/mol. The van der Waals surface area contributed by atoms with Gasteiger partial charge in [-0.05, 0) is 51.0 Å². The van der Waals surface area contributed by atoms with Gasteiger partial charge in [0.05, 0.1) is 12.2 Å². The minimum atomic E-state index is -0.699. The van der Waals surface area contributed by atoms with Gasteiger partial charge in [0.15, 0.2) is 0 Å². The van der Waals surface area contributed by atoms with Crippen LogP contribution < -0.4 is 5.32 Å². The van der Waals surface area contributed by atoms with Crippen LogP contribution >= 0.6 is 0 Å². The second-order valence-corrected chi connectivity index (χ2v) is 7.38. The molecule has 2 rings (SSSR count). The lowest BCUT2D eigenvalue weighted by Gasteiger charge is -2.27. The van der Waals surface area contributed by atoms with Crippen molar-refractivity contribution in [3.05, 3.63) is 12.2 Å². The number of carboxylic acid groups (broad SMARTS) is 1. The van der Waals surface area contributed by atoms with Crippen LogP contribution in [-0.4, -0.2) is 36.4 Å². The van der Waals surface area contributed by atoms with Crippen LogP contribution in [0.1, 0.15) is 71.1 Å². The Labute approximate surface area is 147 Å². The fourth-order valence-corrected chi connectivity index (χ4v) is 4.17. The second kappa shape index (κ2) is 10.9. The first-order valence-electron chi connectivity index (χ1n) is 9.95. The predicted octanol–water partition coefficient (Wildman–Crippen LogP) is 4.15. The van der Waals surface area contributed by atoms with Crippen molar-refractivity contribution in [2.24, 2.45) is 11.8 Å². The summed E-state index contributed by atoms with van der Waals surface area (Å²) in [6.45, 7) is 4.47. The van der Waals surface area contributed by atoms with Crippen LogP contribution in [0.4, 0.5) is 0 Å². The molecule has 0 aromatic heterocycles. The number of allylic oxidation sites excluding steroid dienone is 2. The van der Waals surface area contributed by atoms with E-state index in [1.165, 1.54) is 38.5 Å². The fourth-order valence-electron chi connectivity index (χ4n) is 4.17. The molecule has 2 aliphatic heterocycles. The molecule has 138 valence electrons. The third-order valence-electron chi connectivity index (χ3n) is 5.51. The molecule has 2 heterocycles. The molecule has 4 heteroatoms. The maximum absolute atomic E-state index is 10.5. The quantitative estimate of drug-likeness (QED) is 0.391. The first kappa shape index (κ1) is 19.5. The van der Waals surface area contributed by atoms with Gasteiger partial charge in [-0.15, -0.1) is 0 Å². The molecule has 0 spiro atoms. The molecule has 4 nitrogen and oxygen atoms in total. The summed E-state index contributed by atoms with van der Waals surface area (Å²) in [5, 5.41) is 12.3. The van der Waals surface area contributed by atoms with Crippen molar-refractivity contribution in [3.63, 3.8) is 0 Å². The molecule has 0 aliphatic carbocycles. The summed E-state index contributed by atoms with van der Waals surface area (Å²) in [6, 6.07) is 0. The van der Waals surface area contributed by atoms with E-state index in [1.54, 1.807) is 0 Å². The zero-order valence-corrected chi connectivity index (χ0v) is 15.2. The number of rotatable bonds is 13. The van der Waals surface area contributed by atoms with E-state index in [4.69, 9.17) is 9.84 Å². The van der Waals surface area contributed by atoms with Gasteiger partial charge in [0.2, 0.25) is 0 Å². The largest absolute Gasteiger partial charge is 0.481 e. The summed E-state index contributed by atoms with van der Waals surface area (Å²) in [4.78, 5) is 10.5. The molecule has 0 aromatic carbocycles. The first-order valence-corrected chi connectivity index (χ1v) is 9.95. The van der Waals surface area contributed by atoms with E-state index < -0.39 is 5.97 Å². The van der Waals surface area contributed by atoms with Crippen molar-refractivity contribution in [2.45, 2.75) is 83.3 Å². The molecule has 24 heavy (non-hydrogen) atoms. The molecule has 4 atom stereocenters. The van der Waals surface area contributed by atoms with Gasteiger partial charge in [0.25, 0.3) is 0 Å². The van der Waals surface area contributed by atoms with Gasteiger partial charge in [-0.1, -0.05) is 38.3 Å². The standard InChI is InChI=1S/C20H35NO3/c1-2-3-4-9-14-21-15-17-16(18-12-13-19(17)24-18)10-7-5-6-8-11-20(22)23/h5,7,16-19,21H,2-4,6,8-15H2,1H3,(H,22,23)/t16-,17+,18+,19-/m0/s1. The first-order chi connectivity index (χ1) is 11.7. The van der Waals surface area contributed by atoms with Gasteiger partial charge in [-0.3, -0.25) is 4.79 Å². The number of unbranched alkanes of at least 4 members (excludes halogenated alkanes) is 4. The van der Waals surface area contributed by atoms with Gasteiger partial charge >= 0.3 is 5.97 Å². The molecule has 2 aliphatic rings. The van der Waals surface area contributed by atoms with Crippen LogP contribution in [-0.2, 0) is 9.53 Å². The van der Waals surface area contributed by atoms with E-state index >= 15 is 0 Å². The Morgan fingerprint density at radius 1 is 1.12 bits per heavy atom. The van der Waals surface area contributed by atoms with Crippen molar-refractivity contribution >= 4 is 5.97 Å². The van der Waals surface area contributed by atoms with Gasteiger partial charge < -0.3 is 15.2 Å². The molecule has 0 aromatic rings. The molecule has 0 saturated carbocycles. The Kier molecular flexibility index (Phi) is 8.82. The maximum Gasteiger partial charge on any atom is 0.303 e. The Hall–Kier alpha value is -0.870. The Bertz CT molecular complexity index is 396. The molecule has 0 radical (unpaired) electrons. The topological polar surface area (TPSA) is 58.6 Å². The van der Waals surface area contributed by atoms with Crippen molar-refractivity contribution in [3.8, 4) is 0 Å². The van der Waals surface area contributed by atoms with Gasteiger partial charge in [-0.2, -0.15) is 0 Å². The summed E-state index contributed by atoms with van der Waals surface area (Å²) < 4.78 is 6.15. The molecule has 0 unspecified atom stereocenters. The van der Waals surface area contributed by atoms with E-state index in [1.807, 2.05) is 0 Å². The lowest BCUT2D eigenvalue weighted by atomic mass is 9.77. The zero-order chi connectivity index (χ0) is 17.2. The van der Waals surface area contributed by atoms with Crippen molar-refractivity contribution < 1.29 is 14.6 Å². The number of fused-ring (bicyclic) bond motifs is 2. The summed E-state index contributed by atoms with van der Waals surface area (Å²) >= 11 is 0. The normalized spacial score (nSPS) is 28.9. The van der Waals surface area contributed by atoms with Gasteiger partial charge in [0.1, 0.15) is 0 Å². The van der Waals surface area contributed by atoms with Crippen LogP contribution in [0, 0.1) is 11.8 Å². The fraction of sp³-hybridized carbons (Fsp3) is 0.850. The highest BCUT2D eigenvalue weighted by Gasteiger charge is 2.47. The minimum Gasteiger partial charge on any atom is -0.481 e. The highest BCUT2D eigenvalue weighted by atomic mass is 16.5. The SMILES string of the molecule is CCCCCCNC[C@@H]1[C@H](CC=CCCCC(=O)O)[C@H]2CC[C@@H]1O2. The number of ether oxygens (including phenoxy) is 1. The summed E-state index contributed by atoms with van der Waals surface area (Å²) in [6.07, 6.45) is 16.0. The molecular weight excluding hydrogens is 302 g/mol. The number of carbonyl (C=O) groups is 1. The maximum atomic E-state index is 10.5. The van der Waals surface area contributed by atoms with Gasteiger partial charge in [-0.25, -0.2) is 0 Å². The lowest BCUT2D eigenvalue weighted by Crippen LogP contribution is -2.35. The minimum absolute atomic E-state index is 0.270. The Morgan fingerprint density at radius 2 is 1.92 bits per heavy atom. The van der Waals surface area contributed by atoms with E-state index in [0.29, 0.717) is 24.0 Å². The Balaban J connectivity index is 1.65. The zero-order valence-electron chi connectivity index (χ0n) is 15.2. The highest BCUT2D eigenvalue weighted by Crippen LogP contribution is 2.44. The molecule has 2 bridgehead atoms. The lowest BCUT2D eigenvalue weighted by molar-refractivity contribution is -0.137. The molecule has 2 N–H and O–H groups in total. The second-order valence-electron chi connectivity index (χ2n) is 7.38. The van der Waals surface area contributed by atoms with Crippen LogP contribution in [0.25, 0.3) is 0 Å². The molecule has 2 saturated heterocycles. The van der Waals surface area contributed by atoms with Crippen molar-refractivity contribution in [1.82, 2.24) is 5.32 Å². The summed E-state index contributed by atoms with van der Waals surface area (Å²) in [5.74, 6) is 0.594. The number of nitrogens with one attached hydrogen (secondary N) is 1. The number of aliphatic carboxylic acids is 1. The van der Waals surface area contributed by atoms with E-state index in [-0.39, 0.29) is 6.42 Å². The number of hydrogen-bond donors (Lipinski definition) is 2. The van der Waals surface area contributed by atoms with E-state index in [0.717, 1.165) is 32.4 Å². The third kappa shape index (κ3) is 6.21. The van der Waals surface area contributed by atoms with Crippen molar-refractivity contribution in [1.29, 1.82) is 0 Å². The van der Waals surface area contributed by atoms with E-state index in [2.05, 4.69) is 24.4 Å². The van der Waals surface area contributed by atoms with Gasteiger partial charge in [0, 0.05) is 18.9 Å². The van der Waals surface area contributed by atoms with E-state index in [9.17, 15) is 4.79 Å². The average molecular weight is 338 g/mol. The van der Waals surface area contributed by atoms with Crippen LogP contribution in [0.2, 0.25) is 0 Å². The highest BCUT2D eigenvalue weighted by molar-refractivity contribution is 5.66. The smallest absolute Gasteiger partial charge is 0.303 e. The van der Waals surface area contributed by atoms with Crippen LogP contribution in [0.3, 0.4) is 0 Å². The van der Waals surface area contributed by atoms with Crippen LogP contribution in [0.5, 0.6) is 0 Å². The molecule has 2 fully saturated rings.